The number of rotatable bonds is 1. The Hall–Kier alpha value is 0.170. The normalized spacial score (nSPS) is 6.00. The van der Waals surface area contributed by atoms with Gasteiger partial charge in [-0.2, -0.15) is 0 Å². The van der Waals surface area contributed by atoms with Crippen molar-refractivity contribution < 1.29 is 4.79 Å². The summed E-state index contributed by atoms with van der Waals surface area (Å²) in [5.74, 6) is 0. The summed E-state index contributed by atoms with van der Waals surface area (Å²) in [6.07, 6.45) is 4.37. The maximum absolute atomic E-state index is 8.58. The fourth-order valence-electron chi connectivity index (χ4n) is 0. The van der Waals surface area contributed by atoms with Gasteiger partial charge in [-0.05, 0) is 12.5 Å². The second kappa shape index (κ2) is 16.4. The van der Waals surface area contributed by atoms with Crippen LogP contribution in [-0.4, -0.2) is 18.9 Å². The molecule has 0 atom stereocenters. The lowest BCUT2D eigenvalue weighted by molar-refractivity contribution is -0.106. The second-order valence-corrected chi connectivity index (χ2v) is 3.14. The van der Waals surface area contributed by atoms with E-state index < -0.39 is 0 Å². The largest absolute Gasteiger partial charge is 0.372 e. The summed E-state index contributed by atoms with van der Waals surface area (Å²) in [7, 11) is 3.55. The molecule has 0 aliphatic heterocycles. The fourth-order valence-corrected chi connectivity index (χ4v) is 0. The molecule has 0 saturated carbocycles. The van der Waals surface area contributed by atoms with E-state index in [2.05, 4.69) is 18.2 Å². The minimum atomic E-state index is 0.250. The Morgan fingerprint density at radius 1 is 1.43 bits per heavy atom. The van der Waals surface area contributed by atoms with Crippen LogP contribution in [0.2, 0.25) is 0 Å². The SMILES string of the molecule is CSSC.NC=O. The van der Waals surface area contributed by atoms with Crippen LogP contribution in [0, 0.1) is 0 Å². The second-order valence-electron chi connectivity index (χ2n) is 0.469. The third kappa shape index (κ3) is 78.4. The molecular formula is C3H9NOS2. The highest BCUT2D eigenvalue weighted by molar-refractivity contribution is 8.76. The molecule has 0 rings (SSSR count). The number of nitrogens with two attached hydrogens (primary N) is 1. The summed E-state index contributed by atoms with van der Waals surface area (Å²) >= 11 is 0. The van der Waals surface area contributed by atoms with Gasteiger partial charge in [-0.1, -0.05) is 21.6 Å². The quantitative estimate of drug-likeness (QED) is 0.430. The molecule has 4 heteroatoms. The third-order valence-electron chi connectivity index (χ3n) is 0.167. The van der Waals surface area contributed by atoms with Crippen LogP contribution in [0.3, 0.4) is 0 Å². The summed E-state index contributed by atoms with van der Waals surface area (Å²) in [4.78, 5) is 8.58. The zero-order valence-corrected chi connectivity index (χ0v) is 6.01. The highest BCUT2D eigenvalue weighted by atomic mass is 33.1. The molecule has 1 amide bonds. The Bertz CT molecular complexity index is 32.1. The van der Waals surface area contributed by atoms with E-state index in [9.17, 15) is 0 Å². The molecule has 0 aromatic rings. The van der Waals surface area contributed by atoms with Gasteiger partial charge in [-0.25, -0.2) is 0 Å². The van der Waals surface area contributed by atoms with Gasteiger partial charge < -0.3 is 5.73 Å². The molecule has 7 heavy (non-hydrogen) atoms. The molecule has 0 saturated heterocycles. The maximum Gasteiger partial charge on any atom is 0.204 e. The Morgan fingerprint density at radius 3 is 1.57 bits per heavy atom. The maximum atomic E-state index is 8.58. The molecule has 2 nitrogen and oxygen atoms in total. The van der Waals surface area contributed by atoms with Gasteiger partial charge in [0.25, 0.3) is 0 Å². The summed E-state index contributed by atoms with van der Waals surface area (Å²) in [5, 5.41) is 0. The van der Waals surface area contributed by atoms with Crippen molar-refractivity contribution in [3.63, 3.8) is 0 Å². The van der Waals surface area contributed by atoms with Crippen molar-refractivity contribution in [3.8, 4) is 0 Å². The van der Waals surface area contributed by atoms with Crippen molar-refractivity contribution in [2.24, 2.45) is 5.73 Å². The van der Waals surface area contributed by atoms with Crippen LogP contribution >= 0.6 is 21.6 Å². The van der Waals surface area contributed by atoms with Gasteiger partial charge in [-0.15, -0.1) is 0 Å². The van der Waals surface area contributed by atoms with E-state index >= 15 is 0 Å². The van der Waals surface area contributed by atoms with Crippen LogP contribution < -0.4 is 5.73 Å². The number of carbonyl (C=O) groups is 1. The Balaban J connectivity index is 0. The highest BCUT2D eigenvalue weighted by Crippen LogP contribution is 2.09. The van der Waals surface area contributed by atoms with E-state index in [1.807, 2.05) is 0 Å². The van der Waals surface area contributed by atoms with Gasteiger partial charge in [-0.3, -0.25) is 4.79 Å². The van der Waals surface area contributed by atoms with E-state index in [0.29, 0.717) is 0 Å². The predicted molar refractivity (Wildman–Crippen MR) is 37.3 cm³/mol. The van der Waals surface area contributed by atoms with Crippen LogP contribution in [-0.2, 0) is 4.79 Å². The number of hydrogen-bond acceptors (Lipinski definition) is 3. The molecule has 0 unspecified atom stereocenters. The van der Waals surface area contributed by atoms with Crippen LogP contribution in [0.5, 0.6) is 0 Å². The Kier molecular flexibility index (Phi) is 23.9. The van der Waals surface area contributed by atoms with Crippen molar-refractivity contribution in [3.05, 3.63) is 0 Å². The molecule has 0 heterocycles. The van der Waals surface area contributed by atoms with Gasteiger partial charge in [0, 0.05) is 0 Å². The summed E-state index contributed by atoms with van der Waals surface area (Å²) in [5.41, 5.74) is 4.17. The first kappa shape index (κ1) is 10.2. The first-order valence-electron chi connectivity index (χ1n) is 1.55. The lowest BCUT2D eigenvalue weighted by atomic mass is 11.5. The average molecular weight is 139 g/mol. The van der Waals surface area contributed by atoms with Crippen molar-refractivity contribution in [2.45, 2.75) is 0 Å². The molecule has 0 radical (unpaired) electrons. The van der Waals surface area contributed by atoms with Crippen molar-refractivity contribution in [1.29, 1.82) is 0 Å². The topological polar surface area (TPSA) is 43.1 Å². The molecule has 44 valence electrons. The summed E-state index contributed by atoms with van der Waals surface area (Å²) in [6, 6.07) is 0. The minimum Gasteiger partial charge on any atom is -0.372 e. The van der Waals surface area contributed by atoms with Gasteiger partial charge in [0.2, 0.25) is 6.41 Å². The summed E-state index contributed by atoms with van der Waals surface area (Å²) < 4.78 is 0. The molecule has 0 aliphatic carbocycles. The van der Waals surface area contributed by atoms with Gasteiger partial charge in [0.05, 0.1) is 0 Å². The molecule has 0 bridgehead atoms. The Morgan fingerprint density at radius 2 is 1.57 bits per heavy atom. The smallest absolute Gasteiger partial charge is 0.204 e. The summed E-state index contributed by atoms with van der Waals surface area (Å²) in [6.45, 7) is 0. The van der Waals surface area contributed by atoms with E-state index in [1.165, 1.54) is 0 Å². The van der Waals surface area contributed by atoms with Crippen molar-refractivity contribution in [2.75, 3.05) is 12.5 Å². The zero-order chi connectivity index (χ0) is 6.12. The van der Waals surface area contributed by atoms with E-state index in [-0.39, 0.29) is 6.41 Å². The first-order valence-corrected chi connectivity index (χ1v) is 4.52. The van der Waals surface area contributed by atoms with Gasteiger partial charge in [0.1, 0.15) is 0 Å². The van der Waals surface area contributed by atoms with Crippen LogP contribution in [0.15, 0.2) is 0 Å². The monoisotopic (exact) mass is 139 g/mol. The third-order valence-corrected chi connectivity index (χ3v) is 1.50. The lowest BCUT2D eigenvalue weighted by Crippen LogP contribution is -1.82. The molecule has 0 aromatic carbocycles. The molecule has 0 spiro atoms. The number of amides is 1. The van der Waals surface area contributed by atoms with Gasteiger partial charge >= 0.3 is 0 Å². The van der Waals surface area contributed by atoms with Gasteiger partial charge in [0.15, 0.2) is 0 Å². The molecular weight excluding hydrogens is 130 g/mol. The average Bonchev–Trinajstić information content (AvgIpc) is 1.69. The van der Waals surface area contributed by atoms with Crippen molar-refractivity contribution >= 4 is 28.0 Å². The van der Waals surface area contributed by atoms with Crippen LogP contribution in [0.1, 0.15) is 0 Å². The van der Waals surface area contributed by atoms with Crippen LogP contribution in [0.25, 0.3) is 0 Å². The number of hydrogen-bond donors (Lipinski definition) is 1. The molecule has 0 aromatic heterocycles. The molecule has 2 N–H and O–H groups in total. The lowest BCUT2D eigenvalue weighted by Gasteiger charge is -1.69. The van der Waals surface area contributed by atoms with Crippen LogP contribution in [0.4, 0.5) is 0 Å². The number of primary amides is 1. The first-order chi connectivity index (χ1) is 3.33. The standard InChI is InChI=1S/C2H6S2.CH3NO/c1-3-4-2;2-1-3/h1-2H3;1H,(H2,2,3). The Labute approximate surface area is 51.6 Å². The fraction of sp³-hybridized carbons (Fsp3) is 0.667. The van der Waals surface area contributed by atoms with E-state index in [0.717, 1.165) is 0 Å². The molecule has 0 fully saturated rings. The predicted octanol–water partition coefficient (Wildman–Crippen LogP) is 0.729. The van der Waals surface area contributed by atoms with E-state index in [1.54, 1.807) is 21.6 Å². The highest BCUT2D eigenvalue weighted by Gasteiger charge is 1.55. The van der Waals surface area contributed by atoms with Crippen molar-refractivity contribution in [1.82, 2.24) is 0 Å². The minimum absolute atomic E-state index is 0.250. The molecule has 0 aliphatic rings. The zero-order valence-electron chi connectivity index (χ0n) is 4.38. The number of carbonyl (C=O) groups excluding carboxylic acids is 1. The van der Waals surface area contributed by atoms with E-state index in [4.69, 9.17) is 4.79 Å².